The number of likely N-dealkylation sites (N-methyl/N-ethyl adjacent to an activating group) is 1. The van der Waals surface area contributed by atoms with Crippen molar-refractivity contribution in [2.75, 3.05) is 52.8 Å². The van der Waals surface area contributed by atoms with Gasteiger partial charge in [0.15, 0.2) is 5.52 Å². The van der Waals surface area contributed by atoms with Gasteiger partial charge < -0.3 is 25.1 Å². The van der Waals surface area contributed by atoms with Crippen LogP contribution in [0.1, 0.15) is 148 Å². The summed E-state index contributed by atoms with van der Waals surface area (Å²) in [5.74, 6) is -0.218. The van der Waals surface area contributed by atoms with Crippen molar-refractivity contribution in [2.45, 2.75) is 160 Å². The normalized spacial score (nSPS) is 14.2. The standard InChI is InChI=1S/C41H73N6O9P/c1-5-6-7-8-9-10-11-12-13-16-19-22-25-28-39(49)43-36(34-55-57(52,53)54-33-32-47(2,3)4)38(48)27-24-21-18-15-14-17-20-23-26-31-42-35-29-30-37(46(50)51)41-40(35)44-56-45-41/h24,27,29-30,36,38,48H,5-23,25-26,28,31-34H2,1-4H3,(H2-,42,43,45,49,52,53)/p+1/t36-,38+/m0/s1. The summed E-state index contributed by atoms with van der Waals surface area (Å²) < 4.78 is 28.2. The molecular formula is C41H74N6O9P+. The number of nitro groups is 1. The largest absolute Gasteiger partial charge is 0.472 e. The minimum absolute atomic E-state index is 0.0307. The van der Waals surface area contributed by atoms with Gasteiger partial charge in [-0.05, 0) is 42.1 Å². The maximum atomic E-state index is 12.9. The van der Waals surface area contributed by atoms with E-state index in [0.29, 0.717) is 35.2 Å². The Morgan fingerprint density at radius 3 is 2.04 bits per heavy atom. The third-order valence-electron chi connectivity index (χ3n) is 9.99. The van der Waals surface area contributed by atoms with Crippen molar-refractivity contribution in [3.05, 3.63) is 34.4 Å². The van der Waals surface area contributed by atoms with Crippen molar-refractivity contribution < 1.29 is 42.4 Å². The summed E-state index contributed by atoms with van der Waals surface area (Å²) in [6, 6.07) is 2.13. The summed E-state index contributed by atoms with van der Waals surface area (Å²) in [6.45, 7) is 3.13. The number of fused-ring (bicyclic) bond motifs is 1. The molecule has 1 aromatic heterocycles. The number of aliphatic hydroxyl groups is 1. The van der Waals surface area contributed by atoms with Gasteiger partial charge in [0.05, 0.1) is 50.5 Å². The molecule has 0 saturated heterocycles. The Labute approximate surface area is 341 Å². The van der Waals surface area contributed by atoms with Gasteiger partial charge in [0, 0.05) is 19.0 Å². The fourth-order valence-electron chi connectivity index (χ4n) is 6.46. The van der Waals surface area contributed by atoms with E-state index in [0.717, 1.165) is 70.6 Å². The van der Waals surface area contributed by atoms with Gasteiger partial charge in [-0.1, -0.05) is 128 Å². The van der Waals surface area contributed by atoms with Crippen LogP contribution in [0.15, 0.2) is 28.9 Å². The lowest BCUT2D eigenvalue weighted by Gasteiger charge is -2.25. The van der Waals surface area contributed by atoms with Crippen LogP contribution in [0.4, 0.5) is 11.4 Å². The number of allylic oxidation sites excluding steroid dienone is 1. The van der Waals surface area contributed by atoms with E-state index in [1.54, 1.807) is 12.1 Å². The number of quaternary nitrogens is 1. The third-order valence-corrected chi connectivity index (χ3v) is 11.0. The molecule has 1 aromatic carbocycles. The number of carbonyl (C=O) groups is 1. The number of hydrogen-bond acceptors (Lipinski definition) is 11. The second-order valence-corrected chi connectivity index (χ2v) is 17.7. The molecule has 0 aliphatic carbocycles. The van der Waals surface area contributed by atoms with Crippen LogP contribution >= 0.6 is 7.82 Å². The summed E-state index contributed by atoms with van der Waals surface area (Å²) in [4.78, 5) is 33.8. The third kappa shape index (κ3) is 23.9. The molecular weight excluding hydrogens is 751 g/mol. The van der Waals surface area contributed by atoms with Crippen LogP contribution in [0.5, 0.6) is 0 Å². The van der Waals surface area contributed by atoms with Gasteiger partial charge in [-0.15, -0.1) is 0 Å². The van der Waals surface area contributed by atoms with Crippen LogP contribution < -0.4 is 10.6 Å². The van der Waals surface area contributed by atoms with Crippen LogP contribution in [0.25, 0.3) is 11.0 Å². The van der Waals surface area contributed by atoms with Crippen molar-refractivity contribution >= 4 is 36.1 Å². The van der Waals surface area contributed by atoms with E-state index in [1.165, 1.54) is 70.3 Å². The fraction of sp³-hybridized carbons (Fsp3) is 0.780. The Bertz CT molecular complexity index is 1470. The van der Waals surface area contributed by atoms with E-state index in [2.05, 4.69) is 27.9 Å². The first-order valence-corrected chi connectivity index (χ1v) is 23.0. The summed E-state index contributed by atoms with van der Waals surface area (Å²) in [7, 11) is 1.46. The average molecular weight is 826 g/mol. The number of phosphoric acid groups is 1. The number of nitrogens with one attached hydrogen (secondary N) is 2. The molecule has 3 atom stereocenters. The molecule has 16 heteroatoms. The number of hydrogen-bond donors (Lipinski definition) is 4. The second-order valence-electron chi connectivity index (χ2n) is 16.2. The first kappa shape index (κ1) is 50.2. The number of anilines is 1. The number of aliphatic hydroxyl groups excluding tert-OH is 1. The number of nitro benzene ring substituents is 1. The van der Waals surface area contributed by atoms with Crippen molar-refractivity contribution in [3.8, 4) is 0 Å². The predicted octanol–water partition coefficient (Wildman–Crippen LogP) is 9.39. The molecule has 326 valence electrons. The predicted molar refractivity (Wildman–Crippen MR) is 226 cm³/mol. The Balaban J connectivity index is 1.66. The number of benzene rings is 1. The minimum Gasteiger partial charge on any atom is -0.387 e. The molecule has 0 saturated carbocycles. The highest BCUT2D eigenvalue weighted by atomic mass is 31.2. The highest BCUT2D eigenvalue weighted by Gasteiger charge is 2.28. The van der Waals surface area contributed by atoms with Crippen LogP contribution in [-0.4, -0.2) is 95.2 Å². The summed E-state index contributed by atoms with van der Waals surface area (Å²) in [6.07, 6.45) is 26.6. The van der Waals surface area contributed by atoms with Gasteiger partial charge in [-0.25, -0.2) is 9.19 Å². The monoisotopic (exact) mass is 826 g/mol. The molecule has 4 N–H and O–H groups in total. The van der Waals surface area contributed by atoms with Crippen molar-refractivity contribution in [3.63, 3.8) is 0 Å². The van der Waals surface area contributed by atoms with Crippen LogP contribution in [0.3, 0.4) is 0 Å². The summed E-state index contributed by atoms with van der Waals surface area (Å²) >= 11 is 0. The number of amides is 1. The molecule has 0 spiro atoms. The van der Waals surface area contributed by atoms with Gasteiger partial charge in [-0.3, -0.25) is 24.0 Å². The van der Waals surface area contributed by atoms with Gasteiger partial charge in [0.2, 0.25) is 11.4 Å². The van der Waals surface area contributed by atoms with Crippen molar-refractivity contribution in [1.29, 1.82) is 0 Å². The van der Waals surface area contributed by atoms with Gasteiger partial charge in [-0.2, -0.15) is 0 Å². The summed E-state index contributed by atoms with van der Waals surface area (Å²) in [5.41, 5.74) is 1.02. The molecule has 0 aliphatic heterocycles. The van der Waals surface area contributed by atoms with Crippen LogP contribution in [-0.2, 0) is 18.4 Å². The first-order chi connectivity index (χ1) is 27.3. The average Bonchev–Trinajstić information content (AvgIpc) is 3.65. The lowest BCUT2D eigenvalue weighted by atomic mass is 10.0. The number of aromatic nitrogens is 2. The maximum Gasteiger partial charge on any atom is 0.472 e. The molecule has 2 rings (SSSR count). The first-order valence-electron chi connectivity index (χ1n) is 21.5. The molecule has 0 fully saturated rings. The van der Waals surface area contributed by atoms with E-state index in [9.17, 15) is 29.5 Å². The zero-order valence-electron chi connectivity index (χ0n) is 35.3. The van der Waals surface area contributed by atoms with E-state index < -0.39 is 24.9 Å². The molecule has 0 aliphatic rings. The maximum absolute atomic E-state index is 12.9. The van der Waals surface area contributed by atoms with Gasteiger partial charge in [0.1, 0.15) is 13.2 Å². The smallest absolute Gasteiger partial charge is 0.387 e. The van der Waals surface area contributed by atoms with E-state index >= 15 is 0 Å². The lowest BCUT2D eigenvalue weighted by Crippen LogP contribution is -2.45. The van der Waals surface area contributed by atoms with E-state index in [-0.39, 0.29) is 30.3 Å². The molecule has 1 heterocycles. The Morgan fingerprint density at radius 1 is 0.877 bits per heavy atom. The Hall–Kier alpha value is -2.94. The molecule has 2 aromatic rings. The van der Waals surface area contributed by atoms with Gasteiger partial charge >= 0.3 is 13.5 Å². The number of unbranched alkanes of at least 4 members (excludes halogenated alkanes) is 19. The van der Waals surface area contributed by atoms with Crippen LogP contribution in [0.2, 0.25) is 0 Å². The number of nitrogens with zero attached hydrogens (tertiary/aromatic N) is 4. The molecule has 15 nitrogen and oxygen atoms in total. The molecule has 0 bridgehead atoms. The second kappa shape index (κ2) is 29.3. The zero-order valence-corrected chi connectivity index (χ0v) is 36.2. The topological polar surface area (TPSA) is 199 Å². The molecule has 1 amide bonds. The lowest BCUT2D eigenvalue weighted by molar-refractivity contribution is -0.870. The van der Waals surface area contributed by atoms with Crippen molar-refractivity contribution in [2.24, 2.45) is 0 Å². The molecule has 57 heavy (non-hydrogen) atoms. The van der Waals surface area contributed by atoms with E-state index in [1.807, 2.05) is 27.2 Å². The number of carbonyl (C=O) groups excluding carboxylic acids is 1. The van der Waals surface area contributed by atoms with Crippen LogP contribution in [0, 0.1) is 10.1 Å². The Morgan fingerprint density at radius 2 is 1.44 bits per heavy atom. The molecule has 0 radical (unpaired) electrons. The number of phosphoric ester groups is 1. The number of non-ortho nitro benzene ring substituents is 1. The SMILES string of the molecule is CCCCCCCCCCCCCCCC(=O)N[C@@H](COP(=O)(O)OCC[N+](C)(C)C)[C@H](O)C=CCCCCCCCCCNc1ccc([N+](=O)[O-])c2nonc12. The Kier molecular flexibility index (Phi) is 25.8. The highest BCUT2D eigenvalue weighted by Crippen LogP contribution is 2.43. The highest BCUT2D eigenvalue weighted by molar-refractivity contribution is 7.47. The van der Waals surface area contributed by atoms with Gasteiger partial charge in [0.25, 0.3) is 0 Å². The molecule has 1 unspecified atom stereocenters. The quantitative estimate of drug-likeness (QED) is 0.0127. The van der Waals surface area contributed by atoms with E-state index in [4.69, 9.17) is 13.7 Å². The summed E-state index contributed by atoms with van der Waals surface area (Å²) in [5, 5.41) is 35.7. The number of rotatable bonds is 36. The fourth-order valence-corrected chi connectivity index (χ4v) is 7.19. The minimum atomic E-state index is -4.38. The van der Waals surface area contributed by atoms with Crippen molar-refractivity contribution in [1.82, 2.24) is 15.6 Å². The zero-order chi connectivity index (χ0) is 41.8.